The van der Waals surface area contributed by atoms with Crippen LogP contribution in [0.15, 0.2) is 59.0 Å². The first-order valence-electron chi connectivity index (χ1n) is 6.82. The van der Waals surface area contributed by atoms with Gasteiger partial charge in [-0.15, -0.1) is 0 Å². The van der Waals surface area contributed by atoms with Crippen LogP contribution >= 0.6 is 23.4 Å². The molecule has 25 heavy (non-hydrogen) atoms. The van der Waals surface area contributed by atoms with Crippen molar-refractivity contribution in [3.05, 3.63) is 64.7 Å². The van der Waals surface area contributed by atoms with Crippen LogP contribution in [0.4, 0.5) is 18.9 Å². The van der Waals surface area contributed by atoms with Crippen LogP contribution in [0.25, 0.3) is 6.08 Å². The number of anilines is 1. The molecule has 3 nitrogen and oxygen atoms in total. The summed E-state index contributed by atoms with van der Waals surface area (Å²) >= 11 is 5.70. The minimum atomic E-state index is -4.37. The lowest BCUT2D eigenvalue weighted by atomic mass is 10.1. The summed E-state index contributed by atoms with van der Waals surface area (Å²) in [5.74, 6) is -0.663. The lowest BCUT2D eigenvalue weighted by Gasteiger charge is -2.07. The molecule has 0 heterocycles. The third kappa shape index (κ3) is 5.85. The van der Waals surface area contributed by atoms with Gasteiger partial charge < -0.3 is 5.32 Å². The minimum absolute atomic E-state index is 0.0173. The van der Waals surface area contributed by atoms with Crippen LogP contribution in [0.2, 0.25) is 5.02 Å². The molecule has 0 aliphatic carbocycles. The van der Waals surface area contributed by atoms with Gasteiger partial charge in [-0.25, -0.2) is 0 Å². The summed E-state index contributed by atoms with van der Waals surface area (Å²) < 4.78 is 36.9. The van der Waals surface area contributed by atoms with Crippen LogP contribution in [0.1, 0.15) is 5.56 Å². The maximum absolute atomic E-state index is 12.3. The van der Waals surface area contributed by atoms with E-state index in [1.165, 1.54) is 30.3 Å². The number of carbonyl (C=O) groups is 1. The smallest absolute Gasteiger partial charge is 0.320 e. The van der Waals surface area contributed by atoms with Crippen molar-refractivity contribution < 1.29 is 18.0 Å². The van der Waals surface area contributed by atoms with Gasteiger partial charge >= 0.3 is 5.51 Å². The highest BCUT2D eigenvalue weighted by atomic mass is 35.5. The number of rotatable bonds is 4. The number of benzene rings is 2. The number of amides is 1. The third-order valence-corrected chi connectivity index (χ3v) is 3.98. The summed E-state index contributed by atoms with van der Waals surface area (Å²) in [5, 5.41) is 12.0. The molecule has 0 atom stereocenters. The monoisotopic (exact) mass is 382 g/mol. The van der Waals surface area contributed by atoms with E-state index in [1.54, 1.807) is 30.3 Å². The summed E-state index contributed by atoms with van der Waals surface area (Å²) in [6, 6.07) is 13.6. The first-order chi connectivity index (χ1) is 11.8. The highest BCUT2D eigenvalue weighted by Crippen LogP contribution is 2.36. The van der Waals surface area contributed by atoms with E-state index in [4.69, 9.17) is 16.9 Å². The third-order valence-electron chi connectivity index (χ3n) is 2.91. The molecule has 0 spiro atoms. The fourth-order valence-electron chi connectivity index (χ4n) is 1.83. The summed E-state index contributed by atoms with van der Waals surface area (Å²) in [7, 11) is 0. The van der Waals surface area contributed by atoms with E-state index in [1.807, 2.05) is 0 Å². The lowest BCUT2D eigenvalue weighted by Crippen LogP contribution is -2.13. The lowest BCUT2D eigenvalue weighted by molar-refractivity contribution is -0.112. The predicted molar refractivity (Wildman–Crippen MR) is 92.0 cm³/mol. The molecule has 0 radical (unpaired) electrons. The zero-order valence-electron chi connectivity index (χ0n) is 12.5. The Labute approximate surface area is 151 Å². The second-order valence-electron chi connectivity index (χ2n) is 4.72. The van der Waals surface area contributed by atoms with E-state index in [0.717, 1.165) is 0 Å². The Balaban J connectivity index is 2.15. The zero-order valence-corrected chi connectivity index (χ0v) is 14.0. The van der Waals surface area contributed by atoms with Crippen molar-refractivity contribution in [3.8, 4) is 6.07 Å². The van der Waals surface area contributed by atoms with Gasteiger partial charge in [-0.2, -0.15) is 18.4 Å². The molecule has 0 saturated carbocycles. The number of nitriles is 1. The van der Waals surface area contributed by atoms with E-state index in [-0.39, 0.29) is 22.2 Å². The first-order valence-corrected chi connectivity index (χ1v) is 8.01. The molecule has 8 heteroatoms. The number of carbonyl (C=O) groups excluding carboxylic acids is 1. The van der Waals surface area contributed by atoms with Crippen molar-refractivity contribution in [2.45, 2.75) is 10.4 Å². The Hall–Kier alpha value is -2.43. The van der Waals surface area contributed by atoms with Crippen molar-refractivity contribution in [3.63, 3.8) is 0 Å². The highest BCUT2D eigenvalue weighted by molar-refractivity contribution is 8.00. The van der Waals surface area contributed by atoms with Gasteiger partial charge in [-0.1, -0.05) is 35.9 Å². The maximum Gasteiger partial charge on any atom is 0.446 e. The van der Waals surface area contributed by atoms with Gasteiger partial charge in [0.05, 0.1) is 10.7 Å². The summed E-state index contributed by atoms with van der Waals surface area (Å²) in [5.41, 5.74) is -3.79. The molecule has 0 bridgehead atoms. The van der Waals surface area contributed by atoms with Crippen LogP contribution < -0.4 is 5.32 Å². The van der Waals surface area contributed by atoms with Gasteiger partial charge in [0.25, 0.3) is 5.91 Å². The SMILES string of the molecule is N#C/C(=C\c1ccc(SC(F)(F)F)cc1)C(=O)Nc1ccccc1Cl. The van der Waals surface area contributed by atoms with E-state index in [2.05, 4.69) is 5.32 Å². The number of para-hydroxylation sites is 1. The Kier molecular flexibility index (Phi) is 6.12. The molecule has 128 valence electrons. The molecule has 0 aliphatic heterocycles. The largest absolute Gasteiger partial charge is 0.446 e. The molecule has 2 rings (SSSR count). The van der Waals surface area contributed by atoms with E-state index in [9.17, 15) is 18.0 Å². The van der Waals surface area contributed by atoms with E-state index < -0.39 is 11.4 Å². The van der Waals surface area contributed by atoms with Gasteiger partial charge in [0.1, 0.15) is 11.6 Å². The van der Waals surface area contributed by atoms with E-state index >= 15 is 0 Å². The number of halogens is 4. The number of hydrogen-bond acceptors (Lipinski definition) is 3. The zero-order chi connectivity index (χ0) is 18.4. The van der Waals surface area contributed by atoms with Crippen molar-refractivity contribution in [2.75, 3.05) is 5.32 Å². The first kappa shape index (κ1) is 18.9. The maximum atomic E-state index is 12.3. The standard InChI is InChI=1S/C17H10ClF3N2OS/c18-14-3-1-2-4-15(14)23-16(24)12(10-22)9-11-5-7-13(8-6-11)25-17(19,20)21/h1-9H,(H,23,24)/b12-9+. The topological polar surface area (TPSA) is 52.9 Å². The Morgan fingerprint density at radius 1 is 1.16 bits per heavy atom. The highest BCUT2D eigenvalue weighted by Gasteiger charge is 2.28. The molecule has 1 amide bonds. The van der Waals surface area contributed by atoms with Crippen molar-refractivity contribution in [1.29, 1.82) is 5.26 Å². The molecule has 0 unspecified atom stereocenters. The van der Waals surface area contributed by atoms with Crippen LogP contribution in [-0.2, 0) is 4.79 Å². The minimum Gasteiger partial charge on any atom is -0.320 e. The van der Waals surface area contributed by atoms with Crippen LogP contribution in [-0.4, -0.2) is 11.4 Å². The second-order valence-corrected chi connectivity index (χ2v) is 6.27. The molecule has 1 N–H and O–H groups in total. The Morgan fingerprint density at radius 2 is 1.80 bits per heavy atom. The van der Waals surface area contributed by atoms with Gasteiger partial charge in [-0.05, 0) is 47.7 Å². The summed E-state index contributed by atoms with van der Waals surface area (Å²) in [6.45, 7) is 0. The molecule has 2 aromatic rings. The summed E-state index contributed by atoms with van der Waals surface area (Å²) in [6.07, 6.45) is 1.29. The predicted octanol–water partition coefficient (Wildman–Crippen LogP) is 5.50. The van der Waals surface area contributed by atoms with Gasteiger partial charge in [0.15, 0.2) is 0 Å². The average Bonchev–Trinajstić information content (AvgIpc) is 2.54. The van der Waals surface area contributed by atoms with E-state index in [0.29, 0.717) is 16.3 Å². The van der Waals surface area contributed by atoms with Gasteiger partial charge in [0.2, 0.25) is 0 Å². The number of hydrogen-bond donors (Lipinski definition) is 1. The van der Waals surface area contributed by atoms with Crippen LogP contribution in [0, 0.1) is 11.3 Å². The molecule has 0 fully saturated rings. The molecule has 2 aromatic carbocycles. The Bertz CT molecular complexity index is 842. The number of alkyl halides is 3. The van der Waals surface area contributed by atoms with Crippen molar-refractivity contribution >= 4 is 41.0 Å². The molecular formula is C17H10ClF3N2OS. The average molecular weight is 383 g/mol. The quantitative estimate of drug-likeness (QED) is 0.431. The number of nitrogens with zero attached hydrogens (tertiary/aromatic N) is 1. The summed E-state index contributed by atoms with van der Waals surface area (Å²) in [4.78, 5) is 12.2. The molecular weight excluding hydrogens is 373 g/mol. The van der Waals surface area contributed by atoms with Gasteiger partial charge in [0, 0.05) is 4.90 Å². The van der Waals surface area contributed by atoms with Crippen molar-refractivity contribution in [1.82, 2.24) is 0 Å². The fraction of sp³-hybridized carbons (Fsp3) is 0.0588. The Morgan fingerprint density at radius 3 is 2.36 bits per heavy atom. The molecule has 0 aromatic heterocycles. The van der Waals surface area contributed by atoms with Gasteiger partial charge in [-0.3, -0.25) is 4.79 Å². The number of thioether (sulfide) groups is 1. The van der Waals surface area contributed by atoms with Crippen LogP contribution in [0.3, 0.4) is 0 Å². The fourth-order valence-corrected chi connectivity index (χ4v) is 2.56. The molecule has 0 saturated heterocycles. The molecule has 0 aliphatic rings. The van der Waals surface area contributed by atoms with Crippen LogP contribution in [0.5, 0.6) is 0 Å². The van der Waals surface area contributed by atoms with Crippen molar-refractivity contribution in [2.24, 2.45) is 0 Å². The second kappa shape index (κ2) is 8.10. The number of nitrogens with one attached hydrogen (secondary N) is 1. The normalized spacial score (nSPS) is 11.7.